The SMILES string of the molecule is Cc1cc(C)n2nc(C(=O)N3CCCC(Oc4ncccn4)C3)nc2n1. The monoisotopic (exact) mass is 353 g/mol. The second-order valence-corrected chi connectivity index (χ2v) is 6.35. The number of hydrogen-bond donors (Lipinski definition) is 0. The minimum Gasteiger partial charge on any atom is -0.458 e. The Morgan fingerprint density at radius 3 is 2.85 bits per heavy atom. The first-order valence-corrected chi connectivity index (χ1v) is 8.54. The molecule has 1 saturated heterocycles. The Morgan fingerprint density at radius 1 is 1.23 bits per heavy atom. The lowest BCUT2D eigenvalue weighted by molar-refractivity contribution is 0.0505. The summed E-state index contributed by atoms with van der Waals surface area (Å²) in [7, 11) is 0. The summed E-state index contributed by atoms with van der Waals surface area (Å²) < 4.78 is 7.38. The maximum Gasteiger partial charge on any atom is 0.316 e. The molecule has 0 radical (unpaired) electrons. The van der Waals surface area contributed by atoms with Crippen molar-refractivity contribution < 1.29 is 9.53 Å². The van der Waals surface area contributed by atoms with Crippen LogP contribution in [-0.4, -0.2) is 59.6 Å². The lowest BCUT2D eigenvalue weighted by atomic mass is 10.1. The highest BCUT2D eigenvalue weighted by Gasteiger charge is 2.28. The van der Waals surface area contributed by atoms with Gasteiger partial charge in [-0.2, -0.15) is 4.98 Å². The van der Waals surface area contributed by atoms with E-state index in [0.29, 0.717) is 24.9 Å². The third-order valence-corrected chi connectivity index (χ3v) is 4.29. The summed E-state index contributed by atoms with van der Waals surface area (Å²) in [6.45, 7) is 4.91. The molecule has 3 aromatic heterocycles. The van der Waals surface area contributed by atoms with Crippen LogP contribution in [-0.2, 0) is 0 Å². The maximum atomic E-state index is 12.8. The summed E-state index contributed by atoms with van der Waals surface area (Å²) in [4.78, 5) is 31.3. The van der Waals surface area contributed by atoms with Crippen molar-refractivity contribution in [1.82, 2.24) is 34.4 Å². The Hall–Kier alpha value is -3.10. The number of carbonyl (C=O) groups is 1. The molecule has 1 amide bonds. The Morgan fingerprint density at radius 2 is 2.04 bits per heavy atom. The smallest absolute Gasteiger partial charge is 0.316 e. The highest BCUT2D eigenvalue weighted by molar-refractivity contribution is 5.91. The molecule has 3 aromatic rings. The molecule has 0 saturated carbocycles. The van der Waals surface area contributed by atoms with Crippen LogP contribution in [0.2, 0.25) is 0 Å². The Kier molecular flexibility index (Phi) is 4.19. The number of fused-ring (bicyclic) bond motifs is 1. The highest BCUT2D eigenvalue weighted by atomic mass is 16.5. The number of amides is 1. The van der Waals surface area contributed by atoms with Crippen molar-refractivity contribution in [2.24, 2.45) is 0 Å². The molecule has 9 heteroatoms. The molecule has 134 valence electrons. The Balaban J connectivity index is 1.51. The highest BCUT2D eigenvalue weighted by Crippen LogP contribution is 2.17. The molecule has 1 aliphatic heterocycles. The van der Waals surface area contributed by atoms with Gasteiger partial charge in [0.1, 0.15) is 6.10 Å². The van der Waals surface area contributed by atoms with Crippen molar-refractivity contribution in [2.75, 3.05) is 13.1 Å². The van der Waals surface area contributed by atoms with Gasteiger partial charge in [-0.15, -0.1) is 5.10 Å². The number of likely N-dealkylation sites (tertiary alicyclic amines) is 1. The zero-order chi connectivity index (χ0) is 18.1. The summed E-state index contributed by atoms with van der Waals surface area (Å²) in [5, 5.41) is 4.32. The number of rotatable bonds is 3. The number of ether oxygens (including phenoxy) is 1. The lowest BCUT2D eigenvalue weighted by Gasteiger charge is -2.31. The number of carbonyl (C=O) groups excluding carboxylic acids is 1. The van der Waals surface area contributed by atoms with Crippen LogP contribution in [0.5, 0.6) is 6.01 Å². The molecule has 4 rings (SSSR count). The van der Waals surface area contributed by atoms with Crippen LogP contribution >= 0.6 is 0 Å². The van der Waals surface area contributed by atoms with Gasteiger partial charge in [-0.1, -0.05) is 0 Å². The fraction of sp³-hybridized carbons (Fsp3) is 0.412. The van der Waals surface area contributed by atoms with Crippen molar-refractivity contribution in [3.05, 3.63) is 41.7 Å². The van der Waals surface area contributed by atoms with Crippen molar-refractivity contribution in [1.29, 1.82) is 0 Å². The molecular weight excluding hydrogens is 334 g/mol. The Labute approximate surface area is 150 Å². The average Bonchev–Trinajstić information content (AvgIpc) is 3.06. The summed E-state index contributed by atoms with van der Waals surface area (Å²) in [6.07, 6.45) is 4.81. The van der Waals surface area contributed by atoms with Crippen molar-refractivity contribution >= 4 is 11.7 Å². The van der Waals surface area contributed by atoms with Crippen LogP contribution in [0, 0.1) is 13.8 Å². The number of piperidine rings is 1. The number of aromatic nitrogens is 6. The van der Waals surface area contributed by atoms with E-state index in [4.69, 9.17) is 4.74 Å². The van der Waals surface area contributed by atoms with E-state index < -0.39 is 0 Å². The number of aryl methyl sites for hydroxylation is 2. The quantitative estimate of drug-likeness (QED) is 0.698. The molecule has 0 aromatic carbocycles. The average molecular weight is 353 g/mol. The first-order chi connectivity index (χ1) is 12.6. The van der Waals surface area contributed by atoms with Gasteiger partial charge in [-0.3, -0.25) is 4.79 Å². The van der Waals surface area contributed by atoms with E-state index in [0.717, 1.165) is 24.2 Å². The van der Waals surface area contributed by atoms with Gasteiger partial charge in [0.15, 0.2) is 0 Å². The van der Waals surface area contributed by atoms with E-state index in [1.807, 2.05) is 19.9 Å². The molecule has 1 aliphatic rings. The summed E-state index contributed by atoms with van der Waals surface area (Å²) >= 11 is 0. The first-order valence-electron chi connectivity index (χ1n) is 8.54. The topological polar surface area (TPSA) is 98.4 Å². The molecule has 0 aliphatic carbocycles. The number of nitrogens with zero attached hydrogens (tertiary/aromatic N) is 7. The van der Waals surface area contributed by atoms with E-state index in [1.54, 1.807) is 27.9 Å². The normalized spacial score (nSPS) is 17.5. The zero-order valence-electron chi connectivity index (χ0n) is 14.7. The van der Waals surface area contributed by atoms with Gasteiger partial charge in [0.05, 0.1) is 6.54 Å². The van der Waals surface area contributed by atoms with Gasteiger partial charge >= 0.3 is 6.01 Å². The standard InChI is InChI=1S/C17H19N7O2/c1-11-9-12(2)24-16(20-11)21-14(22-24)15(25)23-8-3-5-13(10-23)26-17-18-6-4-7-19-17/h4,6-7,9,13H,3,5,8,10H2,1-2H3. The van der Waals surface area contributed by atoms with Gasteiger partial charge in [-0.25, -0.2) is 19.5 Å². The van der Waals surface area contributed by atoms with E-state index in [9.17, 15) is 4.79 Å². The van der Waals surface area contributed by atoms with Crippen LogP contribution in [0.4, 0.5) is 0 Å². The molecule has 0 N–H and O–H groups in total. The van der Waals surface area contributed by atoms with E-state index in [2.05, 4.69) is 25.0 Å². The van der Waals surface area contributed by atoms with E-state index in [-0.39, 0.29) is 17.8 Å². The second-order valence-electron chi connectivity index (χ2n) is 6.35. The molecule has 1 unspecified atom stereocenters. The molecule has 1 atom stereocenters. The van der Waals surface area contributed by atoms with Crippen LogP contribution in [0.25, 0.3) is 5.78 Å². The number of hydrogen-bond acceptors (Lipinski definition) is 7. The third kappa shape index (κ3) is 3.19. The maximum absolute atomic E-state index is 12.8. The fourth-order valence-electron chi connectivity index (χ4n) is 3.11. The molecule has 9 nitrogen and oxygen atoms in total. The van der Waals surface area contributed by atoms with Crippen molar-refractivity contribution in [3.8, 4) is 6.01 Å². The predicted molar refractivity (Wildman–Crippen MR) is 91.8 cm³/mol. The molecule has 0 bridgehead atoms. The third-order valence-electron chi connectivity index (χ3n) is 4.29. The largest absolute Gasteiger partial charge is 0.458 e. The fourth-order valence-corrected chi connectivity index (χ4v) is 3.11. The van der Waals surface area contributed by atoms with Gasteiger partial charge in [0.2, 0.25) is 5.82 Å². The molecule has 26 heavy (non-hydrogen) atoms. The molecule has 1 fully saturated rings. The summed E-state index contributed by atoms with van der Waals surface area (Å²) in [6, 6.07) is 3.96. The van der Waals surface area contributed by atoms with E-state index >= 15 is 0 Å². The van der Waals surface area contributed by atoms with Gasteiger partial charge in [0.25, 0.3) is 11.7 Å². The lowest BCUT2D eigenvalue weighted by Crippen LogP contribution is -2.44. The van der Waals surface area contributed by atoms with Crippen LogP contribution in [0.3, 0.4) is 0 Å². The molecule has 4 heterocycles. The zero-order valence-corrected chi connectivity index (χ0v) is 14.7. The predicted octanol–water partition coefficient (Wildman–Crippen LogP) is 1.21. The Bertz CT molecular complexity index is 941. The van der Waals surface area contributed by atoms with Gasteiger partial charge in [0, 0.05) is 30.3 Å². The van der Waals surface area contributed by atoms with Crippen molar-refractivity contribution in [3.63, 3.8) is 0 Å². The second kappa shape index (κ2) is 6.66. The van der Waals surface area contributed by atoms with Crippen LogP contribution < -0.4 is 4.74 Å². The summed E-state index contributed by atoms with van der Waals surface area (Å²) in [5.74, 6) is 0.381. The van der Waals surface area contributed by atoms with Crippen LogP contribution in [0.1, 0.15) is 34.8 Å². The van der Waals surface area contributed by atoms with Gasteiger partial charge < -0.3 is 9.64 Å². The van der Waals surface area contributed by atoms with Crippen molar-refractivity contribution in [2.45, 2.75) is 32.8 Å². The van der Waals surface area contributed by atoms with Gasteiger partial charge in [-0.05, 0) is 38.8 Å². The molecule has 0 spiro atoms. The molecular formula is C17H19N7O2. The summed E-state index contributed by atoms with van der Waals surface area (Å²) in [5.41, 5.74) is 1.73. The first kappa shape index (κ1) is 16.4. The minimum absolute atomic E-state index is 0.144. The minimum atomic E-state index is -0.213. The van der Waals surface area contributed by atoms with Crippen LogP contribution in [0.15, 0.2) is 24.5 Å². The van der Waals surface area contributed by atoms with E-state index in [1.165, 1.54) is 0 Å².